The summed E-state index contributed by atoms with van der Waals surface area (Å²) < 4.78 is 4.76. The first-order chi connectivity index (χ1) is 14.5. The van der Waals surface area contributed by atoms with Gasteiger partial charge in [0, 0.05) is 17.4 Å². The van der Waals surface area contributed by atoms with Crippen LogP contribution in [0.2, 0.25) is 0 Å². The highest BCUT2D eigenvalue weighted by atomic mass is 16.5. The van der Waals surface area contributed by atoms with E-state index in [9.17, 15) is 9.59 Å². The molecule has 2 aromatic carbocycles. The summed E-state index contributed by atoms with van der Waals surface area (Å²) >= 11 is 0. The molecule has 1 aromatic heterocycles. The van der Waals surface area contributed by atoms with Gasteiger partial charge in [-0.25, -0.2) is 9.79 Å². The average molecular weight is 402 g/mol. The van der Waals surface area contributed by atoms with Crippen molar-refractivity contribution >= 4 is 23.5 Å². The zero-order valence-electron chi connectivity index (χ0n) is 16.8. The fraction of sp³-hybridized carbons (Fsp3) is 0.130. The number of aliphatic imine (C=N–C) groups is 1. The van der Waals surface area contributed by atoms with E-state index in [4.69, 9.17) is 4.74 Å². The average Bonchev–Trinajstić information content (AvgIpc) is 2.77. The number of ether oxygens (including phenoxy) is 1. The summed E-state index contributed by atoms with van der Waals surface area (Å²) in [4.78, 5) is 33.2. The number of aryl methyl sites for hydroxylation is 1. The highest BCUT2D eigenvalue weighted by Gasteiger charge is 2.11. The molecule has 1 heterocycles. The van der Waals surface area contributed by atoms with Crippen molar-refractivity contribution in [2.24, 2.45) is 4.99 Å². The first-order valence-electron chi connectivity index (χ1n) is 9.33. The Balaban J connectivity index is 1.83. The number of hydrogen-bond acceptors (Lipinski definition) is 5. The number of nitrogens with zero attached hydrogens (tertiary/aromatic N) is 2. The molecule has 7 nitrogen and oxygen atoms in total. The van der Waals surface area contributed by atoms with Crippen LogP contribution in [-0.2, 0) is 11.3 Å². The van der Waals surface area contributed by atoms with E-state index in [0.29, 0.717) is 16.8 Å². The van der Waals surface area contributed by atoms with Crippen LogP contribution in [0.15, 0.2) is 77.9 Å². The normalized spacial score (nSPS) is 10.9. The van der Waals surface area contributed by atoms with Gasteiger partial charge in [0.25, 0.3) is 5.91 Å². The van der Waals surface area contributed by atoms with Crippen LogP contribution in [0.25, 0.3) is 0 Å². The first-order valence-corrected chi connectivity index (χ1v) is 9.33. The van der Waals surface area contributed by atoms with Crippen LogP contribution >= 0.6 is 0 Å². The molecule has 152 valence electrons. The zero-order chi connectivity index (χ0) is 21.3. The monoisotopic (exact) mass is 402 g/mol. The molecule has 0 saturated heterocycles. The fourth-order valence-electron chi connectivity index (χ4n) is 2.71. The van der Waals surface area contributed by atoms with Crippen molar-refractivity contribution in [1.29, 1.82) is 0 Å². The fourth-order valence-corrected chi connectivity index (χ4v) is 2.71. The van der Waals surface area contributed by atoms with Crippen LogP contribution in [0.5, 0.6) is 0 Å². The molecule has 0 spiro atoms. The lowest BCUT2D eigenvalue weighted by molar-refractivity contribution is 0.0600. The van der Waals surface area contributed by atoms with E-state index in [1.165, 1.54) is 7.11 Å². The molecule has 0 fully saturated rings. The second-order valence-corrected chi connectivity index (χ2v) is 6.51. The first kappa shape index (κ1) is 20.7. The third-order valence-corrected chi connectivity index (χ3v) is 4.18. The Hall–Kier alpha value is -4.00. The Labute approximate surface area is 174 Å². The molecule has 3 rings (SSSR count). The van der Waals surface area contributed by atoms with Crippen molar-refractivity contribution in [3.05, 3.63) is 95.3 Å². The number of guanidine groups is 1. The Kier molecular flexibility index (Phi) is 6.89. The van der Waals surface area contributed by atoms with Gasteiger partial charge in [-0.2, -0.15) is 0 Å². The topological polar surface area (TPSA) is 92.7 Å². The van der Waals surface area contributed by atoms with Gasteiger partial charge in [0.05, 0.1) is 24.9 Å². The Morgan fingerprint density at radius 3 is 2.53 bits per heavy atom. The summed E-state index contributed by atoms with van der Waals surface area (Å²) in [6, 6.07) is 19.6. The molecule has 2 N–H and O–H groups in total. The Morgan fingerprint density at radius 2 is 1.80 bits per heavy atom. The van der Waals surface area contributed by atoms with Crippen molar-refractivity contribution < 1.29 is 14.3 Å². The molecule has 0 atom stereocenters. The van der Waals surface area contributed by atoms with Crippen molar-refractivity contribution in [1.82, 2.24) is 10.3 Å². The number of carbonyl (C=O) groups is 2. The molecule has 0 unspecified atom stereocenters. The van der Waals surface area contributed by atoms with Crippen LogP contribution in [0.1, 0.15) is 32.0 Å². The number of aromatic nitrogens is 1. The summed E-state index contributed by atoms with van der Waals surface area (Å²) in [5.74, 6) is -0.501. The summed E-state index contributed by atoms with van der Waals surface area (Å²) in [6.07, 6.45) is 1.68. The van der Waals surface area contributed by atoms with Crippen LogP contribution in [0, 0.1) is 6.92 Å². The Bertz CT molecular complexity index is 1060. The van der Waals surface area contributed by atoms with Crippen LogP contribution in [0.4, 0.5) is 5.69 Å². The maximum atomic E-state index is 12.7. The van der Waals surface area contributed by atoms with Crippen LogP contribution < -0.4 is 10.6 Å². The molecule has 0 radical (unpaired) electrons. The number of anilines is 1. The molecule has 7 heteroatoms. The molecule has 3 aromatic rings. The largest absolute Gasteiger partial charge is 0.465 e. The predicted molar refractivity (Wildman–Crippen MR) is 115 cm³/mol. The molecule has 0 saturated carbocycles. The van der Waals surface area contributed by atoms with Gasteiger partial charge in [0.15, 0.2) is 0 Å². The highest BCUT2D eigenvalue weighted by Crippen LogP contribution is 2.12. The standard InChI is InChI=1S/C23H22N4O3/c1-16-7-5-8-17(13-16)21(28)27-23(25-15-20-10-3-4-12-24-20)26-19-11-6-9-18(14-19)22(29)30-2/h3-14H,15H2,1-2H3,(H2,25,26,27,28). The minimum absolute atomic E-state index is 0.245. The van der Waals surface area contributed by atoms with E-state index < -0.39 is 5.97 Å². The second kappa shape index (κ2) is 9.97. The second-order valence-electron chi connectivity index (χ2n) is 6.51. The molecule has 0 aliphatic carbocycles. The number of methoxy groups -OCH3 is 1. The number of benzene rings is 2. The van der Waals surface area contributed by atoms with Gasteiger partial charge in [-0.15, -0.1) is 0 Å². The summed E-state index contributed by atoms with van der Waals surface area (Å²) in [7, 11) is 1.32. The van der Waals surface area contributed by atoms with Gasteiger partial charge in [-0.05, 0) is 49.4 Å². The SMILES string of the molecule is COC(=O)c1cccc(NC(=NCc2ccccn2)NC(=O)c2cccc(C)c2)c1. The lowest BCUT2D eigenvalue weighted by atomic mass is 10.1. The molecule has 30 heavy (non-hydrogen) atoms. The molecule has 0 aliphatic rings. The van der Waals surface area contributed by atoms with Crippen molar-refractivity contribution in [2.45, 2.75) is 13.5 Å². The number of amides is 1. The molecule has 0 aliphatic heterocycles. The predicted octanol–water partition coefficient (Wildman–Crippen LogP) is 3.57. The van der Waals surface area contributed by atoms with Gasteiger partial charge >= 0.3 is 5.97 Å². The quantitative estimate of drug-likeness (QED) is 0.387. The van der Waals surface area contributed by atoms with E-state index in [1.54, 1.807) is 42.6 Å². The minimum Gasteiger partial charge on any atom is -0.465 e. The number of rotatable bonds is 5. The maximum Gasteiger partial charge on any atom is 0.337 e. The summed E-state index contributed by atoms with van der Waals surface area (Å²) in [5, 5.41) is 5.86. The van der Waals surface area contributed by atoms with E-state index in [1.807, 2.05) is 37.3 Å². The lowest BCUT2D eigenvalue weighted by Crippen LogP contribution is -2.36. The number of hydrogen-bond donors (Lipinski definition) is 2. The lowest BCUT2D eigenvalue weighted by Gasteiger charge is -2.13. The molecule has 1 amide bonds. The van der Waals surface area contributed by atoms with Gasteiger partial charge in [0.1, 0.15) is 0 Å². The molecular weight excluding hydrogens is 380 g/mol. The van der Waals surface area contributed by atoms with Crippen LogP contribution in [0.3, 0.4) is 0 Å². The van der Waals surface area contributed by atoms with E-state index in [-0.39, 0.29) is 18.4 Å². The third kappa shape index (κ3) is 5.75. The number of nitrogens with one attached hydrogen (secondary N) is 2. The van der Waals surface area contributed by atoms with Crippen molar-refractivity contribution in [2.75, 3.05) is 12.4 Å². The van der Waals surface area contributed by atoms with Crippen molar-refractivity contribution in [3.63, 3.8) is 0 Å². The molecule has 0 bridgehead atoms. The third-order valence-electron chi connectivity index (χ3n) is 4.18. The van der Waals surface area contributed by atoms with Gasteiger partial charge in [-0.3, -0.25) is 15.1 Å². The number of carbonyl (C=O) groups excluding carboxylic acids is 2. The highest BCUT2D eigenvalue weighted by molar-refractivity contribution is 6.10. The smallest absolute Gasteiger partial charge is 0.337 e. The van der Waals surface area contributed by atoms with E-state index >= 15 is 0 Å². The molecular formula is C23H22N4O3. The summed E-state index contributed by atoms with van der Waals surface area (Å²) in [5.41, 5.74) is 3.22. The maximum absolute atomic E-state index is 12.7. The Morgan fingerprint density at radius 1 is 1.00 bits per heavy atom. The van der Waals surface area contributed by atoms with Gasteiger partial charge < -0.3 is 10.1 Å². The number of esters is 1. The summed E-state index contributed by atoms with van der Waals surface area (Å²) in [6.45, 7) is 2.19. The minimum atomic E-state index is -0.450. The van der Waals surface area contributed by atoms with E-state index in [0.717, 1.165) is 11.3 Å². The van der Waals surface area contributed by atoms with Crippen LogP contribution in [-0.4, -0.2) is 29.9 Å². The van der Waals surface area contributed by atoms with Gasteiger partial charge in [-0.1, -0.05) is 29.8 Å². The number of pyridine rings is 1. The van der Waals surface area contributed by atoms with E-state index in [2.05, 4.69) is 20.6 Å². The van der Waals surface area contributed by atoms with Gasteiger partial charge in [0.2, 0.25) is 5.96 Å². The zero-order valence-corrected chi connectivity index (χ0v) is 16.8. The van der Waals surface area contributed by atoms with Crippen molar-refractivity contribution in [3.8, 4) is 0 Å².